The van der Waals surface area contributed by atoms with Crippen LogP contribution in [0.15, 0.2) is 48.5 Å². The average molecular weight is 266 g/mol. The topological polar surface area (TPSA) is 12.0 Å². The van der Waals surface area contributed by atoms with Gasteiger partial charge in [0.15, 0.2) is 0 Å². The monoisotopic (exact) mass is 265 g/mol. The van der Waals surface area contributed by atoms with Gasteiger partial charge in [-0.3, -0.25) is 0 Å². The minimum Gasteiger partial charge on any atom is -0.309 e. The quantitative estimate of drug-likeness (QED) is 0.870. The fourth-order valence-electron chi connectivity index (χ4n) is 1.60. The molecule has 0 saturated carbocycles. The number of benzene rings is 2. The second kappa shape index (κ2) is 6.06. The highest BCUT2D eigenvalue weighted by Gasteiger charge is 2.00. The van der Waals surface area contributed by atoms with Crippen LogP contribution >= 0.6 is 23.2 Å². The van der Waals surface area contributed by atoms with Crippen LogP contribution in [0.3, 0.4) is 0 Å². The van der Waals surface area contributed by atoms with E-state index in [9.17, 15) is 0 Å². The van der Waals surface area contributed by atoms with Gasteiger partial charge in [-0.2, -0.15) is 0 Å². The third-order valence-electron chi connectivity index (χ3n) is 2.50. The largest absolute Gasteiger partial charge is 0.309 e. The van der Waals surface area contributed by atoms with Gasteiger partial charge in [0.2, 0.25) is 0 Å². The minimum atomic E-state index is 0.668. The van der Waals surface area contributed by atoms with Crippen molar-refractivity contribution < 1.29 is 0 Å². The Morgan fingerprint density at radius 1 is 0.882 bits per heavy atom. The molecule has 88 valence electrons. The van der Waals surface area contributed by atoms with Gasteiger partial charge in [-0.05, 0) is 23.3 Å². The van der Waals surface area contributed by atoms with Gasteiger partial charge in [0.25, 0.3) is 0 Å². The van der Waals surface area contributed by atoms with Crippen LogP contribution in [-0.4, -0.2) is 0 Å². The molecular formula is C14H13Cl2N. The van der Waals surface area contributed by atoms with Crippen LogP contribution in [0, 0.1) is 0 Å². The highest BCUT2D eigenvalue weighted by molar-refractivity contribution is 6.35. The van der Waals surface area contributed by atoms with E-state index >= 15 is 0 Å². The van der Waals surface area contributed by atoms with E-state index in [1.165, 1.54) is 5.56 Å². The van der Waals surface area contributed by atoms with E-state index in [2.05, 4.69) is 17.4 Å². The summed E-state index contributed by atoms with van der Waals surface area (Å²) in [5.74, 6) is 0. The molecule has 0 heterocycles. The second-order valence-corrected chi connectivity index (χ2v) is 4.67. The first-order valence-corrected chi connectivity index (χ1v) is 6.20. The van der Waals surface area contributed by atoms with Crippen molar-refractivity contribution in [1.82, 2.24) is 5.32 Å². The lowest BCUT2D eigenvalue weighted by Crippen LogP contribution is -2.12. The zero-order valence-corrected chi connectivity index (χ0v) is 10.8. The molecule has 1 nitrogen and oxygen atoms in total. The predicted octanol–water partition coefficient (Wildman–Crippen LogP) is 4.28. The van der Waals surface area contributed by atoms with Gasteiger partial charge in [0, 0.05) is 23.1 Å². The van der Waals surface area contributed by atoms with E-state index in [4.69, 9.17) is 23.2 Å². The Morgan fingerprint density at radius 3 is 2.35 bits per heavy atom. The van der Waals surface area contributed by atoms with Crippen molar-refractivity contribution in [3.05, 3.63) is 69.7 Å². The molecule has 0 radical (unpaired) electrons. The third kappa shape index (κ3) is 3.74. The molecule has 0 aliphatic heterocycles. The third-order valence-corrected chi connectivity index (χ3v) is 3.09. The van der Waals surface area contributed by atoms with E-state index in [1.54, 1.807) is 6.07 Å². The van der Waals surface area contributed by atoms with Gasteiger partial charge in [-0.1, -0.05) is 59.6 Å². The zero-order chi connectivity index (χ0) is 12.1. The van der Waals surface area contributed by atoms with Crippen LogP contribution < -0.4 is 5.32 Å². The van der Waals surface area contributed by atoms with E-state index in [0.717, 1.165) is 18.7 Å². The maximum atomic E-state index is 6.09. The number of hydrogen-bond acceptors (Lipinski definition) is 1. The van der Waals surface area contributed by atoms with Gasteiger partial charge in [-0.25, -0.2) is 0 Å². The lowest BCUT2D eigenvalue weighted by atomic mass is 10.2. The smallest absolute Gasteiger partial charge is 0.0465 e. The summed E-state index contributed by atoms with van der Waals surface area (Å²) in [5.41, 5.74) is 2.32. The standard InChI is InChI=1S/C14H13Cl2N/c15-13-7-6-12(14(16)8-13)10-17-9-11-4-2-1-3-5-11/h1-8,17H,9-10H2. The Morgan fingerprint density at radius 2 is 1.65 bits per heavy atom. The first kappa shape index (κ1) is 12.4. The molecule has 0 aliphatic carbocycles. The van der Waals surface area contributed by atoms with Crippen molar-refractivity contribution in [2.24, 2.45) is 0 Å². The maximum Gasteiger partial charge on any atom is 0.0465 e. The summed E-state index contributed by atoms with van der Waals surface area (Å²) < 4.78 is 0. The first-order chi connectivity index (χ1) is 8.25. The molecule has 0 fully saturated rings. The second-order valence-electron chi connectivity index (χ2n) is 3.82. The predicted molar refractivity (Wildman–Crippen MR) is 73.4 cm³/mol. The Kier molecular flexibility index (Phi) is 4.43. The number of hydrogen-bond donors (Lipinski definition) is 1. The van der Waals surface area contributed by atoms with Gasteiger partial charge >= 0.3 is 0 Å². The normalized spacial score (nSPS) is 10.5. The van der Waals surface area contributed by atoms with Crippen molar-refractivity contribution in [1.29, 1.82) is 0 Å². The molecule has 17 heavy (non-hydrogen) atoms. The van der Waals surface area contributed by atoms with Crippen LogP contribution in [-0.2, 0) is 13.1 Å². The van der Waals surface area contributed by atoms with Crippen molar-refractivity contribution in [2.45, 2.75) is 13.1 Å². The van der Waals surface area contributed by atoms with Crippen molar-refractivity contribution in [2.75, 3.05) is 0 Å². The number of halogens is 2. The molecular weight excluding hydrogens is 253 g/mol. The molecule has 2 aromatic rings. The van der Waals surface area contributed by atoms with Crippen LogP contribution in [0.5, 0.6) is 0 Å². The summed E-state index contributed by atoms with van der Waals surface area (Å²) in [5, 5.41) is 4.73. The van der Waals surface area contributed by atoms with Crippen LogP contribution in [0.2, 0.25) is 10.0 Å². The highest BCUT2D eigenvalue weighted by Crippen LogP contribution is 2.20. The number of nitrogens with one attached hydrogen (secondary N) is 1. The highest BCUT2D eigenvalue weighted by atomic mass is 35.5. The summed E-state index contributed by atoms with van der Waals surface area (Å²) in [7, 11) is 0. The van der Waals surface area contributed by atoms with E-state index in [-0.39, 0.29) is 0 Å². The molecule has 3 heteroatoms. The van der Waals surface area contributed by atoms with Gasteiger partial charge in [-0.15, -0.1) is 0 Å². The fourth-order valence-corrected chi connectivity index (χ4v) is 2.08. The Labute approximate surface area is 111 Å². The van der Waals surface area contributed by atoms with Crippen molar-refractivity contribution in [3.8, 4) is 0 Å². The maximum absolute atomic E-state index is 6.09. The lowest BCUT2D eigenvalue weighted by Gasteiger charge is -2.07. The molecule has 0 saturated heterocycles. The van der Waals surface area contributed by atoms with E-state index in [0.29, 0.717) is 10.0 Å². The lowest BCUT2D eigenvalue weighted by molar-refractivity contribution is 0.693. The van der Waals surface area contributed by atoms with Crippen molar-refractivity contribution in [3.63, 3.8) is 0 Å². The molecule has 0 aromatic heterocycles. The van der Waals surface area contributed by atoms with E-state index < -0.39 is 0 Å². The molecule has 0 aliphatic rings. The molecule has 0 amide bonds. The summed E-state index contributed by atoms with van der Waals surface area (Å²) in [4.78, 5) is 0. The molecule has 0 unspecified atom stereocenters. The fraction of sp³-hybridized carbons (Fsp3) is 0.143. The molecule has 0 spiro atoms. The Hall–Kier alpha value is -1.02. The van der Waals surface area contributed by atoms with Gasteiger partial charge in [0.05, 0.1) is 0 Å². The van der Waals surface area contributed by atoms with Crippen molar-refractivity contribution >= 4 is 23.2 Å². The molecule has 0 atom stereocenters. The van der Waals surface area contributed by atoms with Gasteiger partial charge in [0.1, 0.15) is 0 Å². The Bertz CT molecular complexity index is 483. The SMILES string of the molecule is Clc1ccc(CNCc2ccccc2)c(Cl)c1. The summed E-state index contributed by atoms with van der Waals surface area (Å²) in [6.45, 7) is 1.57. The summed E-state index contributed by atoms with van der Waals surface area (Å²) in [6.07, 6.45) is 0. The van der Waals surface area contributed by atoms with Crippen LogP contribution in [0.4, 0.5) is 0 Å². The first-order valence-electron chi connectivity index (χ1n) is 5.44. The summed E-state index contributed by atoms with van der Waals surface area (Å²) >= 11 is 11.9. The Balaban J connectivity index is 1.90. The summed E-state index contributed by atoms with van der Waals surface area (Å²) in [6, 6.07) is 15.8. The minimum absolute atomic E-state index is 0.668. The van der Waals surface area contributed by atoms with Crippen LogP contribution in [0.1, 0.15) is 11.1 Å². The average Bonchev–Trinajstić information content (AvgIpc) is 2.33. The molecule has 1 N–H and O–H groups in total. The molecule has 2 rings (SSSR count). The molecule has 2 aromatic carbocycles. The number of rotatable bonds is 4. The van der Waals surface area contributed by atoms with Crippen LogP contribution in [0.25, 0.3) is 0 Å². The van der Waals surface area contributed by atoms with E-state index in [1.807, 2.05) is 30.3 Å². The zero-order valence-electron chi connectivity index (χ0n) is 9.29. The van der Waals surface area contributed by atoms with Gasteiger partial charge < -0.3 is 5.32 Å². The molecule has 0 bridgehead atoms.